The molecule has 8 heteroatoms. The highest BCUT2D eigenvalue weighted by molar-refractivity contribution is 5.91. The lowest BCUT2D eigenvalue weighted by atomic mass is 10.1. The van der Waals surface area contributed by atoms with Crippen molar-refractivity contribution in [2.75, 3.05) is 26.2 Å². The SMILES string of the molecule is Cn1cc(/C=C/C(=O)N2CCN(Cc3cccc(C(F)(F)F)c3)CC2)cn1. The average Bonchev–Trinajstić information content (AvgIpc) is 3.05. The van der Waals surface area contributed by atoms with Gasteiger partial charge < -0.3 is 4.90 Å². The molecule has 0 radical (unpaired) electrons. The van der Waals surface area contributed by atoms with Gasteiger partial charge in [0, 0.05) is 57.6 Å². The molecule has 0 saturated carbocycles. The van der Waals surface area contributed by atoms with Gasteiger partial charge in [-0.15, -0.1) is 0 Å². The summed E-state index contributed by atoms with van der Waals surface area (Å²) in [6, 6.07) is 5.40. The monoisotopic (exact) mass is 378 g/mol. The van der Waals surface area contributed by atoms with Crippen molar-refractivity contribution in [1.82, 2.24) is 19.6 Å². The predicted molar refractivity (Wildman–Crippen MR) is 95.5 cm³/mol. The molecule has 0 atom stereocenters. The van der Waals surface area contributed by atoms with Crippen LogP contribution in [0.1, 0.15) is 16.7 Å². The first-order valence-electron chi connectivity index (χ1n) is 8.65. The molecule has 3 rings (SSSR count). The highest BCUT2D eigenvalue weighted by Crippen LogP contribution is 2.29. The normalized spacial score (nSPS) is 16.2. The van der Waals surface area contributed by atoms with Gasteiger partial charge in [0.05, 0.1) is 11.8 Å². The van der Waals surface area contributed by atoms with Crippen molar-refractivity contribution in [3.8, 4) is 0 Å². The highest BCUT2D eigenvalue weighted by Gasteiger charge is 2.30. The molecule has 144 valence electrons. The van der Waals surface area contributed by atoms with Crippen LogP contribution in [0, 0.1) is 0 Å². The number of halogens is 3. The number of carbonyl (C=O) groups excluding carboxylic acids is 1. The second-order valence-electron chi connectivity index (χ2n) is 6.58. The molecule has 1 fully saturated rings. The van der Waals surface area contributed by atoms with Gasteiger partial charge in [0.25, 0.3) is 0 Å². The van der Waals surface area contributed by atoms with E-state index in [9.17, 15) is 18.0 Å². The number of aryl methyl sites for hydroxylation is 1. The maximum absolute atomic E-state index is 12.8. The van der Waals surface area contributed by atoms with E-state index in [0.717, 1.165) is 11.6 Å². The molecular weight excluding hydrogens is 357 g/mol. The molecule has 1 aliphatic rings. The second-order valence-corrected chi connectivity index (χ2v) is 6.58. The third-order valence-corrected chi connectivity index (χ3v) is 4.49. The van der Waals surface area contributed by atoms with Crippen molar-refractivity contribution in [1.29, 1.82) is 0 Å². The Labute approximate surface area is 155 Å². The van der Waals surface area contributed by atoms with Gasteiger partial charge in [-0.1, -0.05) is 18.2 Å². The van der Waals surface area contributed by atoms with Crippen LogP contribution in [0.15, 0.2) is 42.7 Å². The van der Waals surface area contributed by atoms with E-state index >= 15 is 0 Å². The molecule has 0 bridgehead atoms. The summed E-state index contributed by atoms with van der Waals surface area (Å²) in [6.45, 7) is 2.80. The van der Waals surface area contributed by atoms with E-state index in [1.54, 1.807) is 27.9 Å². The predicted octanol–water partition coefficient (Wildman–Crippen LogP) is 2.80. The van der Waals surface area contributed by atoms with E-state index in [-0.39, 0.29) is 5.91 Å². The number of rotatable bonds is 4. The molecule has 1 aromatic heterocycles. The number of amides is 1. The van der Waals surface area contributed by atoms with E-state index < -0.39 is 11.7 Å². The minimum atomic E-state index is -4.33. The summed E-state index contributed by atoms with van der Waals surface area (Å²) in [5, 5.41) is 4.04. The molecule has 1 saturated heterocycles. The number of aromatic nitrogens is 2. The number of alkyl halides is 3. The zero-order chi connectivity index (χ0) is 19.4. The fraction of sp³-hybridized carbons (Fsp3) is 0.368. The van der Waals surface area contributed by atoms with Crippen LogP contribution >= 0.6 is 0 Å². The third-order valence-electron chi connectivity index (χ3n) is 4.49. The lowest BCUT2D eigenvalue weighted by molar-refractivity contribution is -0.137. The number of piperazine rings is 1. The third kappa shape index (κ3) is 5.19. The second kappa shape index (κ2) is 7.96. The first kappa shape index (κ1) is 19.2. The molecule has 0 spiro atoms. The number of hydrogen-bond acceptors (Lipinski definition) is 3. The first-order valence-corrected chi connectivity index (χ1v) is 8.65. The minimum absolute atomic E-state index is 0.0717. The molecule has 1 amide bonds. The van der Waals surface area contributed by atoms with Crippen molar-refractivity contribution in [3.63, 3.8) is 0 Å². The maximum Gasteiger partial charge on any atom is 0.416 e. The summed E-state index contributed by atoms with van der Waals surface area (Å²) in [4.78, 5) is 16.1. The van der Waals surface area contributed by atoms with Crippen LogP contribution in [0.4, 0.5) is 13.2 Å². The quantitative estimate of drug-likeness (QED) is 0.769. The fourth-order valence-corrected chi connectivity index (χ4v) is 3.03. The van der Waals surface area contributed by atoms with Crippen molar-refractivity contribution in [3.05, 3.63) is 59.4 Å². The Bertz CT molecular complexity index is 820. The Kier molecular flexibility index (Phi) is 5.65. The van der Waals surface area contributed by atoms with Gasteiger partial charge >= 0.3 is 6.18 Å². The minimum Gasteiger partial charge on any atom is -0.337 e. The van der Waals surface area contributed by atoms with Crippen molar-refractivity contribution < 1.29 is 18.0 Å². The molecule has 0 aliphatic carbocycles. The summed E-state index contributed by atoms with van der Waals surface area (Å²) in [6.07, 6.45) is 2.42. The maximum atomic E-state index is 12.8. The topological polar surface area (TPSA) is 41.4 Å². The van der Waals surface area contributed by atoms with E-state index in [4.69, 9.17) is 0 Å². The van der Waals surface area contributed by atoms with Gasteiger partial charge in [0.15, 0.2) is 0 Å². The molecule has 1 aliphatic heterocycles. The zero-order valence-corrected chi connectivity index (χ0v) is 15.0. The molecule has 0 unspecified atom stereocenters. The Morgan fingerprint density at radius 1 is 1.22 bits per heavy atom. The molecule has 2 heterocycles. The van der Waals surface area contributed by atoms with E-state index in [1.165, 1.54) is 18.2 Å². The van der Waals surface area contributed by atoms with Crippen molar-refractivity contribution >= 4 is 12.0 Å². The highest BCUT2D eigenvalue weighted by atomic mass is 19.4. The van der Waals surface area contributed by atoms with Crippen LogP contribution in [-0.2, 0) is 24.6 Å². The van der Waals surface area contributed by atoms with Gasteiger partial charge in [0.2, 0.25) is 5.91 Å². The number of benzene rings is 1. The van der Waals surface area contributed by atoms with Crippen molar-refractivity contribution in [2.45, 2.75) is 12.7 Å². The van der Waals surface area contributed by atoms with Crippen molar-refractivity contribution in [2.24, 2.45) is 7.05 Å². The van der Waals surface area contributed by atoms with E-state index in [2.05, 4.69) is 10.00 Å². The molecule has 5 nitrogen and oxygen atoms in total. The van der Waals surface area contributed by atoms with Gasteiger partial charge in [0.1, 0.15) is 0 Å². The largest absolute Gasteiger partial charge is 0.416 e. The average molecular weight is 378 g/mol. The van der Waals surface area contributed by atoms with Crippen LogP contribution in [-0.4, -0.2) is 51.7 Å². The molecule has 2 aromatic rings. The summed E-state index contributed by atoms with van der Waals surface area (Å²) in [5.74, 6) is -0.0717. The van der Waals surface area contributed by atoms with Crippen LogP contribution in [0.25, 0.3) is 6.08 Å². The van der Waals surface area contributed by atoms with Crippen LogP contribution in [0.2, 0.25) is 0 Å². The smallest absolute Gasteiger partial charge is 0.337 e. The number of carbonyl (C=O) groups is 1. The summed E-state index contributed by atoms with van der Waals surface area (Å²) in [7, 11) is 1.81. The molecule has 0 N–H and O–H groups in total. The lowest BCUT2D eigenvalue weighted by Crippen LogP contribution is -2.47. The summed E-state index contributed by atoms with van der Waals surface area (Å²) >= 11 is 0. The van der Waals surface area contributed by atoms with E-state index in [1.807, 2.05) is 13.2 Å². The molecule has 27 heavy (non-hydrogen) atoms. The Hall–Kier alpha value is -2.61. The first-order chi connectivity index (χ1) is 12.8. The Morgan fingerprint density at radius 3 is 2.59 bits per heavy atom. The van der Waals surface area contributed by atoms with Crippen LogP contribution in [0.5, 0.6) is 0 Å². The van der Waals surface area contributed by atoms with E-state index in [0.29, 0.717) is 38.3 Å². The summed E-state index contributed by atoms with van der Waals surface area (Å²) < 4.78 is 40.1. The van der Waals surface area contributed by atoms with Gasteiger partial charge in [-0.3, -0.25) is 14.4 Å². The van der Waals surface area contributed by atoms with Gasteiger partial charge in [-0.2, -0.15) is 18.3 Å². The number of nitrogens with zero attached hydrogens (tertiary/aromatic N) is 4. The van der Waals surface area contributed by atoms with Crippen LogP contribution < -0.4 is 0 Å². The van der Waals surface area contributed by atoms with Gasteiger partial charge in [-0.25, -0.2) is 0 Å². The lowest BCUT2D eigenvalue weighted by Gasteiger charge is -2.34. The van der Waals surface area contributed by atoms with Gasteiger partial charge in [-0.05, 0) is 17.7 Å². The summed E-state index contributed by atoms with van der Waals surface area (Å²) in [5.41, 5.74) is 0.851. The standard InChI is InChI=1S/C19H21F3N4O/c1-24-13-16(12-23-24)5-6-18(27)26-9-7-25(8-10-26)14-15-3-2-4-17(11-15)19(20,21)22/h2-6,11-13H,7-10,14H2,1H3/b6-5+. The Balaban J connectivity index is 1.51. The van der Waals surface area contributed by atoms with Crippen LogP contribution in [0.3, 0.4) is 0 Å². The Morgan fingerprint density at radius 2 is 1.96 bits per heavy atom. The molecule has 1 aromatic carbocycles. The number of hydrogen-bond donors (Lipinski definition) is 0. The zero-order valence-electron chi connectivity index (χ0n) is 15.0. The fourth-order valence-electron chi connectivity index (χ4n) is 3.03. The molecular formula is C19H21F3N4O.